The number of ether oxygens (including phenoxy) is 1. The van der Waals surface area contributed by atoms with Crippen LogP contribution < -0.4 is 4.74 Å². The lowest BCUT2D eigenvalue weighted by Gasteiger charge is -2.19. The van der Waals surface area contributed by atoms with Crippen LogP contribution in [0.25, 0.3) is 11.0 Å². The first-order valence-electron chi connectivity index (χ1n) is 7.33. The van der Waals surface area contributed by atoms with Gasteiger partial charge in [-0.1, -0.05) is 13.8 Å². The highest BCUT2D eigenvalue weighted by Gasteiger charge is 2.22. The molecule has 2 aromatic rings. The fourth-order valence-electron chi connectivity index (χ4n) is 2.81. The summed E-state index contributed by atoms with van der Waals surface area (Å²) in [6.07, 6.45) is 4.34. The molecule has 0 bridgehead atoms. The highest BCUT2D eigenvalue weighted by atomic mass is 16.5. The van der Waals surface area contributed by atoms with Crippen molar-refractivity contribution in [2.24, 2.45) is 0 Å². The molecule has 1 saturated heterocycles. The van der Waals surface area contributed by atoms with Gasteiger partial charge in [-0.2, -0.15) is 9.97 Å². The Morgan fingerprint density at radius 2 is 2.30 bits per heavy atom. The zero-order valence-electron chi connectivity index (χ0n) is 12.4. The molecule has 0 aliphatic carbocycles. The van der Waals surface area contributed by atoms with Gasteiger partial charge in [-0.25, -0.2) is 0 Å². The lowest BCUT2D eigenvalue weighted by atomic mass is 10.1. The molecular weight excluding hydrogens is 252 g/mol. The average molecular weight is 274 g/mol. The quantitative estimate of drug-likeness (QED) is 0.931. The molecule has 0 saturated carbocycles. The van der Waals surface area contributed by atoms with Crippen molar-refractivity contribution in [1.29, 1.82) is 0 Å². The molecule has 1 atom stereocenters. The second-order valence-electron chi connectivity index (χ2n) is 5.87. The second kappa shape index (κ2) is 5.40. The fourth-order valence-corrected chi connectivity index (χ4v) is 2.81. The summed E-state index contributed by atoms with van der Waals surface area (Å²) in [5.41, 5.74) is 1.91. The highest BCUT2D eigenvalue weighted by molar-refractivity contribution is 5.78. The van der Waals surface area contributed by atoms with Crippen LogP contribution in [0.1, 0.15) is 38.3 Å². The maximum atomic E-state index is 5.84. The molecule has 108 valence electrons. The van der Waals surface area contributed by atoms with Crippen LogP contribution >= 0.6 is 0 Å². The first-order chi connectivity index (χ1) is 9.65. The molecule has 5 nitrogen and oxygen atoms in total. The third kappa shape index (κ3) is 2.50. The van der Waals surface area contributed by atoms with E-state index in [4.69, 9.17) is 4.74 Å². The Labute approximate surface area is 119 Å². The van der Waals surface area contributed by atoms with Gasteiger partial charge in [-0.3, -0.25) is 0 Å². The van der Waals surface area contributed by atoms with E-state index < -0.39 is 0 Å². The Morgan fingerprint density at radius 3 is 3.00 bits per heavy atom. The largest absolute Gasteiger partial charge is 0.462 e. The van der Waals surface area contributed by atoms with Crippen molar-refractivity contribution in [2.45, 2.75) is 38.6 Å². The van der Waals surface area contributed by atoms with Crippen molar-refractivity contribution in [1.82, 2.24) is 19.9 Å². The summed E-state index contributed by atoms with van der Waals surface area (Å²) < 4.78 is 5.84. The van der Waals surface area contributed by atoms with Gasteiger partial charge in [0.15, 0.2) is 0 Å². The predicted octanol–water partition coefficient (Wildman–Crippen LogP) is 2.55. The number of nitrogens with zero attached hydrogens (tertiary/aromatic N) is 3. The molecule has 20 heavy (non-hydrogen) atoms. The molecule has 0 radical (unpaired) electrons. The number of hydrogen-bond acceptors (Lipinski definition) is 4. The van der Waals surface area contributed by atoms with Crippen molar-refractivity contribution >= 4 is 11.0 Å². The number of hydrogen-bond donors (Lipinski definition) is 1. The van der Waals surface area contributed by atoms with Gasteiger partial charge in [0, 0.05) is 17.6 Å². The monoisotopic (exact) mass is 274 g/mol. The molecule has 1 aliphatic heterocycles. The van der Waals surface area contributed by atoms with Crippen LogP contribution in [-0.4, -0.2) is 46.1 Å². The molecule has 5 heteroatoms. The predicted molar refractivity (Wildman–Crippen MR) is 79.1 cm³/mol. The smallest absolute Gasteiger partial charge is 0.318 e. The summed E-state index contributed by atoms with van der Waals surface area (Å²) in [6.45, 7) is 6.11. The average Bonchev–Trinajstić information content (AvgIpc) is 3.03. The van der Waals surface area contributed by atoms with Crippen LogP contribution in [0.4, 0.5) is 0 Å². The van der Waals surface area contributed by atoms with Crippen molar-refractivity contribution in [2.75, 3.05) is 20.2 Å². The van der Waals surface area contributed by atoms with E-state index in [2.05, 4.69) is 40.7 Å². The molecule has 1 N–H and O–H groups in total. The van der Waals surface area contributed by atoms with Crippen LogP contribution in [0.15, 0.2) is 12.3 Å². The summed E-state index contributed by atoms with van der Waals surface area (Å²) in [7, 11) is 2.15. The number of aromatic nitrogens is 3. The SMILES string of the molecule is CC(C)c1nc(OC[C@@H]2CCCN2C)nc2[nH]ccc12. The Balaban J connectivity index is 1.80. The van der Waals surface area contributed by atoms with Crippen molar-refractivity contribution in [3.05, 3.63) is 18.0 Å². The van der Waals surface area contributed by atoms with Gasteiger partial charge in [-0.05, 0) is 38.4 Å². The van der Waals surface area contributed by atoms with E-state index in [1.165, 1.54) is 12.8 Å². The summed E-state index contributed by atoms with van der Waals surface area (Å²) in [5, 5.41) is 1.09. The van der Waals surface area contributed by atoms with Gasteiger partial charge in [0.2, 0.25) is 0 Å². The van der Waals surface area contributed by atoms with Gasteiger partial charge >= 0.3 is 6.01 Å². The topological polar surface area (TPSA) is 54.0 Å². The normalized spacial score (nSPS) is 20.1. The minimum Gasteiger partial charge on any atom is -0.462 e. The number of rotatable bonds is 4. The third-order valence-corrected chi connectivity index (χ3v) is 4.05. The number of nitrogens with one attached hydrogen (secondary N) is 1. The minimum absolute atomic E-state index is 0.354. The van der Waals surface area contributed by atoms with Gasteiger partial charge in [0.25, 0.3) is 0 Å². The van der Waals surface area contributed by atoms with Crippen molar-refractivity contribution in [3.63, 3.8) is 0 Å². The molecule has 3 heterocycles. The summed E-state index contributed by atoms with van der Waals surface area (Å²) in [5.74, 6) is 0.354. The molecule has 1 fully saturated rings. The lowest BCUT2D eigenvalue weighted by molar-refractivity contribution is 0.188. The number of likely N-dealkylation sites (N-methyl/N-ethyl adjacent to an activating group) is 1. The number of likely N-dealkylation sites (tertiary alicyclic amines) is 1. The van der Waals surface area contributed by atoms with Crippen LogP contribution in [0.3, 0.4) is 0 Å². The molecule has 0 unspecified atom stereocenters. The first kappa shape index (κ1) is 13.4. The van der Waals surface area contributed by atoms with E-state index in [1.807, 2.05) is 12.3 Å². The Bertz CT molecular complexity index is 593. The molecule has 1 aliphatic rings. The molecule has 0 aromatic carbocycles. The van der Waals surface area contributed by atoms with Crippen LogP contribution in [-0.2, 0) is 0 Å². The molecule has 2 aromatic heterocycles. The van der Waals surface area contributed by atoms with Gasteiger partial charge in [0.1, 0.15) is 12.3 Å². The molecular formula is C15H22N4O. The summed E-state index contributed by atoms with van der Waals surface area (Å²) in [6, 6.07) is 3.00. The van der Waals surface area contributed by atoms with Crippen LogP contribution in [0.2, 0.25) is 0 Å². The Hall–Kier alpha value is -1.62. The van der Waals surface area contributed by atoms with Crippen molar-refractivity contribution < 1.29 is 4.74 Å². The van der Waals surface area contributed by atoms with Crippen LogP contribution in [0.5, 0.6) is 6.01 Å². The third-order valence-electron chi connectivity index (χ3n) is 4.05. The van der Waals surface area contributed by atoms with E-state index in [-0.39, 0.29) is 0 Å². The molecule has 0 spiro atoms. The summed E-state index contributed by atoms with van der Waals surface area (Å²) >= 11 is 0. The molecule has 3 rings (SSSR count). The number of aromatic amines is 1. The summed E-state index contributed by atoms with van der Waals surface area (Å²) in [4.78, 5) is 14.5. The number of H-pyrrole nitrogens is 1. The van der Waals surface area contributed by atoms with E-state index in [1.54, 1.807) is 0 Å². The van der Waals surface area contributed by atoms with E-state index >= 15 is 0 Å². The van der Waals surface area contributed by atoms with E-state index in [9.17, 15) is 0 Å². The Morgan fingerprint density at radius 1 is 1.45 bits per heavy atom. The number of fused-ring (bicyclic) bond motifs is 1. The maximum absolute atomic E-state index is 5.84. The van der Waals surface area contributed by atoms with E-state index in [0.717, 1.165) is 23.3 Å². The standard InChI is InChI=1S/C15H22N4O/c1-10(2)13-12-6-7-16-14(12)18-15(17-13)20-9-11-5-4-8-19(11)3/h6-7,10-11H,4-5,8-9H2,1-3H3,(H,16,17,18)/t11-/m0/s1. The second-order valence-corrected chi connectivity index (χ2v) is 5.87. The lowest BCUT2D eigenvalue weighted by Crippen LogP contribution is -2.30. The van der Waals surface area contributed by atoms with Gasteiger partial charge < -0.3 is 14.6 Å². The zero-order chi connectivity index (χ0) is 14.1. The van der Waals surface area contributed by atoms with Gasteiger partial charge in [0.05, 0.1) is 5.69 Å². The fraction of sp³-hybridized carbons (Fsp3) is 0.600. The Kier molecular flexibility index (Phi) is 3.61. The van der Waals surface area contributed by atoms with Gasteiger partial charge in [-0.15, -0.1) is 0 Å². The first-order valence-corrected chi connectivity index (χ1v) is 7.33. The van der Waals surface area contributed by atoms with E-state index in [0.29, 0.717) is 24.6 Å². The van der Waals surface area contributed by atoms with Crippen LogP contribution in [0, 0.1) is 0 Å². The maximum Gasteiger partial charge on any atom is 0.318 e. The highest BCUT2D eigenvalue weighted by Crippen LogP contribution is 2.24. The zero-order valence-corrected chi connectivity index (χ0v) is 12.4. The molecule has 0 amide bonds. The van der Waals surface area contributed by atoms with Crippen molar-refractivity contribution in [3.8, 4) is 6.01 Å². The minimum atomic E-state index is 0.354.